The summed E-state index contributed by atoms with van der Waals surface area (Å²) in [5.74, 6) is 0.829. The van der Waals surface area contributed by atoms with Crippen LogP contribution >= 0.6 is 0 Å². The van der Waals surface area contributed by atoms with Crippen LogP contribution in [0, 0.1) is 17.1 Å². The minimum atomic E-state index is -0.469. The van der Waals surface area contributed by atoms with Gasteiger partial charge < -0.3 is 10.6 Å². The van der Waals surface area contributed by atoms with Crippen LogP contribution in [-0.4, -0.2) is 21.1 Å². The van der Waals surface area contributed by atoms with Crippen molar-refractivity contribution in [1.82, 2.24) is 20.5 Å². The Balaban J connectivity index is 1.40. The smallest absolute Gasteiger partial charge is 0.308 e. The van der Waals surface area contributed by atoms with Crippen LogP contribution in [0.5, 0.6) is 0 Å². The second-order valence-corrected chi connectivity index (χ2v) is 7.32. The van der Waals surface area contributed by atoms with Crippen LogP contribution in [0.3, 0.4) is 0 Å². The first-order valence-corrected chi connectivity index (χ1v) is 10.2. The van der Waals surface area contributed by atoms with Crippen molar-refractivity contribution in [2.24, 2.45) is 7.05 Å². The van der Waals surface area contributed by atoms with Crippen molar-refractivity contribution in [1.29, 1.82) is 5.26 Å². The Labute approximate surface area is 189 Å². The summed E-state index contributed by atoms with van der Waals surface area (Å²) in [5.41, 5.74) is 2.73. The molecular formula is C24H21FN7O+. The summed E-state index contributed by atoms with van der Waals surface area (Å²) in [5, 5.41) is 22.3. The summed E-state index contributed by atoms with van der Waals surface area (Å²) < 4.78 is 15.9. The normalized spacial score (nSPS) is 10.5. The van der Waals surface area contributed by atoms with Crippen LogP contribution in [0.25, 0.3) is 11.4 Å². The van der Waals surface area contributed by atoms with E-state index in [1.165, 1.54) is 18.2 Å². The Bertz CT molecular complexity index is 1330. The Morgan fingerprint density at radius 1 is 1.15 bits per heavy atom. The summed E-state index contributed by atoms with van der Waals surface area (Å²) in [4.78, 5) is 16.6. The van der Waals surface area contributed by atoms with Crippen LogP contribution in [0.1, 0.15) is 27.3 Å². The Morgan fingerprint density at radius 2 is 1.97 bits per heavy atom. The van der Waals surface area contributed by atoms with Crippen molar-refractivity contribution in [2.75, 3.05) is 5.32 Å². The van der Waals surface area contributed by atoms with E-state index in [-0.39, 0.29) is 18.0 Å². The van der Waals surface area contributed by atoms with E-state index in [1.54, 1.807) is 30.6 Å². The number of pyridine rings is 1. The number of halogens is 1. The highest BCUT2D eigenvalue weighted by atomic mass is 19.1. The lowest BCUT2D eigenvalue weighted by molar-refractivity contribution is -0.668. The number of hydrogen-bond donors (Lipinski definition) is 3. The summed E-state index contributed by atoms with van der Waals surface area (Å²) in [6.07, 6.45) is 3.43. The molecule has 0 atom stereocenters. The van der Waals surface area contributed by atoms with E-state index in [2.05, 4.69) is 25.8 Å². The zero-order valence-corrected chi connectivity index (χ0v) is 17.8. The quantitative estimate of drug-likeness (QED) is 0.381. The molecule has 0 unspecified atom stereocenters. The van der Waals surface area contributed by atoms with Crippen LogP contribution in [0.4, 0.5) is 10.1 Å². The Hall–Kier alpha value is -4.58. The Morgan fingerprint density at radius 3 is 2.76 bits per heavy atom. The van der Waals surface area contributed by atoms with E-state index in [9.17, 15) is 9.18 Å². The molecule has 2 aromatic heterocycles. The van der Waals surface area contributed by atoms with Crippen LogP contribution in [-0.2, 0) is 20.1 Å². The average molecular weight is 442 g/mol. The summed E-state index contributed by atoms with van der Waals surface area (Å²) in [7, 11) is 1.92. The first-order chi connectivity index (χ1) is 16.0. The Kier molecular flexibility index (Phi) is 6.36. The van der Waals surface area contributed by atoms with Gasteiger partial charge in [0.1, 0.15) is 12.4 Å². The van der Waals surface area contributed by atoms with Crippen molar-refractivity contribution in [2.45, 2.75) is 13.1 Å². The molecule has 0 fully saturated rings. The number of anilines is 1. The lowest BCUT2D eigenvalue weighted by atomic mass is 10.1. The van der Waals surface area contributed by atoms with E-state index >= 15 is 0 Å². The van der Waals surface area contributed by atoms with Gasteiger partial charge in [0, 0.05) is 40.9 Å². The molecule has 0 saturated heterocycles. The van der Waals surface area contributed by atoms with Crippen LogP contribution in [0.15, 0.2) is 67.0 Å². The summed E-state index contributed by atoms with van der Waals surface area (Å²) in [6, 6.07) is 16.8. The number of hydrogen-bond acceptors (Lipinski definition) is 5. The minimum Gasteiger partial charge on any atom is -0.375 e. The van der Waals surface area contributed by atoms with Gasteiger partial charge in [0.15, 0.2) is 0 Å². The number of H-pyrrole nitrogens is 1. The molecule has 2 aromatic carbocycles. The molecule has 0 aliphatic rings. The monoisotopic (exact) mass is 442 g/mol. The highest BCUT2D eigenvalue weighted by molar-refractivity contribution is 5.95. The van der Waals surface area contributed by atoms with Gasteiger partial charge in [0.25, 0.3) is 11.7 Å². The predicted molar refractivity (Wildman–Crippen MR) is 119 cm³/mol. The van der Waals surface area contributed by atoms with Crippen LogP contribution < -0.4 is 15.2 Å². The molecule has 164 valence electrons. The molecule has 4 aromatic rings. The van der Waals surface area contributed by atoms with E-state index in [0.717, 1.165) is 22.9 Å². The molecule has 0 aliphatic heterocycles. The lowest BCUT2D eigenvalue weighted by Crippen LogP contribution is -2.34. The maximum absolute atomic E-state index is 13.9. The van der Waals surface area contributed by atoms with Crippen molar-refractivity contribution < 1.29 is 13.8 Å². The molecule has 0 aliphatic carbocycles. The zero-order valence-electron chi connectivity index (χ0n) is 17.8. The average Bonchev–Trinajstić information content (AvgIpc) is 3.23. The number of nitrogens with one attached hydrogen (secondary N) is 3. The highest BCUT2D eigenvalue weighted by Crippen LogP contribution is 2.14. The molecule has 0 spiro atoms. The molecule has 1 amide bonds. The van der Waals surface area contributed by atoms with Gasteiger partial charge in [-0.05, 0) is 48.5 Å². The van der Waals surface area contributed by atoms with E-state index in [0.29, 0.717) is 17.7 Å². The van der Waals surface area contributed by atoms with Gasteiger partial charge in [-0.1, -0.05) is 6.07 Å². The van der Waals surface area contributed by atoms with Gasteiger partial charge in [-0.3, -0.25) is 9.78 Å². The van der Waals surface area contributed by atoms with Gasteiger partial charge in [-0.15, -0.1) is 5.10 Å². The van der Waals surface area contributed by atoms with Crippen molar-refractivity contribution >= 4 is 11.6 Å². The van der Waals surface area contributed by atoms with E-state index in [4.69, 9.17) is 5.26 Å². The fourth-order valence-corrected chi connectivity index (χ4v) is 3.33. The predicted octanol–water partition coefficient (Wildman–Crippen LogP) is 2.85. The topological polar surface area (TPSA) is 110 Å². The number of benzene rings is 2. The number of carbonyl (C=O) groups excluding carboxylic acids is 1. The SMILES string of the molecule is C[n+]1c(-c2ccncc2)n[nH]c1CNc1cccc(C(=O)NCc2cc(C#N)ccc2F)c1. The molecule has 33 heavy (non-hydrogen) atoms. The summed E-state index contributed by atoms with van der Waals surface area (Å²) >= 11 is 0. The maximum atomic E-state index is 13.9. The lowest BCUT2D eigenvalue weighted by Gasteiger charge is -2.09. The molecule has 9 heteroatoms. The number of carbonyl (C=O) groups is 1. The molecular weight excluding hydrogens is 421 g/mol. The van der Waals surface area contributed by atoms with Crippen molar-refractivity contribution in [3.63, 3.8) is 0 Å². The first-order valence-electron chi connectivity index (χ1n) is 10.2. The second-order valence-electron chi connectivity index (χ2n) is 7.32. The minimum absolute atomic E-state index is 0.0143. The number of nitriles is 1. The third-order valence-electron chi connectivity index (χ3n) is 5.15. The fourth-order valence-electron chi connectivity index (χ4n) is 3.33. The van der Waals surface area contributed by atoms with Gasteiger partial charge in [0.2, 0.25) is 0 Å². The molecule has 2 heterocycles. The van der Waals surface area contributed by atoms with Gasteiger partial charge in [-0.2, -0.15) is 5.26 Å². The van der Waals surface area contributed by atoms with E-state index < -0.39 is 5.82 Å². The standard InChI is InChI=1S/C24H20FN7O/c1-32-22(30-31-23(32)17-7-9-27-10-8-17)15-28-20-4-2-3-18(12-20)24(33)29-14-19-11-16(13-26)5-6-21(19)25/h2-12,28H,14-15H2,1H3,(H,29,33)/p+1. The van der Waals surface area contributed by atoms with E-state index in [1.807, 2.05) is 35.9 Å². The number of nitrogens with zero attached hydrogens (tertiary/aromatic N) is 4. The zero-order chi connectivity index (χ0) is 23.2. The largest absolute Gasteiger partial charge is 0.375 e. The van der Waals surface area contributed by atoms with Gasteiger partial charge in [-0.25, -0.2) is 8.96 Å². The first kappa shape index (κ1) is 21.6. The third-order valence-corrected chi connectivity index (χ3v) is 5.15. The second kappa shape index (κ2) is 9.70. The maximum Gasteiger partial charge on any atom is 0.308 e. The van der Waals surface area contributed by atoms with Crippen molar-refractivity contribution in [3.8, 4) is 17.5 Å². The number of amides is 1. The fraction of sp³-hybridized carbons (Fsp3) is 0.125. The third kappa shape index (κ3) is 5.02. The number of aromatic amines is 1. The molecule has 4 rings (SSSR count). The molecule has 3 N–H and O–H groups in total. The van der Waals surface area contributed by atoms with Gasteiger partial charge >= 0.3 is 5.82 Å². The van der Waals surface area contributed by atoms with Crippen molar-refractivity contribution in [3.05, 3.63) is 95.3 Å². The van der Waals surface area contributed by atoms with Crippen LogP contribution in [0.2, 0.25) is 0 Å². The molecule has 8 nitrogen and oxygen atoms in total. The number of rotatable bonds is 7. The molecule has 0 bridgehead atoms. The summed E-state index contributed by atoms with van der Waals surface area (Å²) in [6.45, 7) is 0.450. The number of aromatic nitrogens is 4. The molecule has 0 saturated carbocycles. The van der Waals surface area contributed by atoms with Gasteiger partial charge in [0.05, 0.1) is 24.2 Å². The highest BCUT2D eigenvalue weighted by Gasteiger charge is 2.18. The molecule has 0 radical (unpaired) electrons.